The van der Waals surface area contributed by atoms with Crippen LogP contribution in [0.4, 0.5) is 0 Å². The van der Waals surface area contributed by atoms with Gasteiger partial charge in [0.25, 0.3) is 0 Å². The lowest BCUT2D eigenvalue weighted by Crippen LogP contribution is -2.49. The van der Waals surface area contributed by atoms with Crippen molar-refractivity contribution >= 4 is 5.71 Å². The van der Waals surface area contributed by atoms with Gasteiger partial charge in [-0.05, 0) is 13.8 Å². The van der Waals surface area contributed by atoms with Crippen LogP contribution in [0.1, 0.15) is 13.8 Å². The SMILES string of the molecule is CC1=N[N]C(N2CCNC(C)C2)=C1. The lowest BCUT2D eigenvalue weighted by atomic mass is 10.2. The van der Waals surface area contributed by atoms with Gasteiger partial charge in [-0.15, -0.1) is 5.43 Å². The summed E-state index contributed by atoms with van der Waals surface area (Å²) in [7, 11) is 0. The quantitative estimate of drug-likeness (QED) is 0.621. The molecule has 0 aromatic carbocycles. The molecule has 2 heterocycles. The first-order valence-corrected chi connectivity index (χ1v) is 4.71. The van der Waals surface area contributed by atoms with Crippen LogP contribution in [-0.4, -0.2) is 36.3 Å². The number of allylic oxidation sites excluding steroid dienone is 1. The first-order valence-electron chi connectivity index (χ1n) is 4.71. The van der Waals surface area contributed by atoms with Crippen LogP contribution in [-0.2, 0) is 0 Å². The van der Waals surface area contributed by atoms with Gasteiger partial charge in [0, 0.05) is 31.8 Å². The Bertz CT molecular complexity index is 256. The molecule has 0 aliphatic carbocycles. The Hall–Kier alpha value is -1.03. The van der Waals surface area contributed by atoms with Gasteiger partial charge in [-0.2, -0.15) is 5.10 Å². The molecule has 1 radical (unpaired) electrons. The number of rotatable bonds is 1. The molecule has 2 rings (SSSR count). The van der Waals surface area contributed by atoms with Crippen molar-refractivity contribution in [1.29, 1.82) is 0 Å². The Morgan fingerprint density at radius 3 is 3.08 bits per heavy atom. The molecule has 0 bridgehead atoms. The van der Waals surface area contributed by atoms with Crippen LogP contribution in [0.5, 0.6) is 0 Å². The molecule has 1 N–H and O–H groups in total. The van der Waals surface area contributed by atoms with Gasteiger partial charge in [0.15, 0.2) is 5.82 Å². The van der Waals surface area contributed by atoms with Gasteiger partial charge in [0.2, 0.25) is 0 Å². The first-order chi connectivity index (χ1) is 6.25. The third-order valence-corrected chi connectivity index (χ3v) is 2.34. The number of nitrogens with one attached hydrogen (secondary N) is 1. The maximum atomic E-state index is 4.12. The molecule has 71 valence electrons. The molecule has 1 unspecified atom stereocenters. The number of nitrogens with zero attached hydrogens (tertiary/aromatic N) is 3. The molecule has 1 saturated heterocycles. The van der Waals surface area contributed by atoms with E-state index < -0.39 is 0 Å². The van der Waals surface area contributed by atoms with Crippen molar-refractivity contribution in [3.05, 3.63) is 11.9 Å². The van der Waals surface area contributed by atoms with Gasteiger partial charge in [-0.3, -0.25) is 0 Å². The van der Waals surface area contributed by atoms with Gasteiger partial charge >= 0.3 is 0 Å². The normalized spacial score (nSPS) is 28.2. The van der Waals surface area contributed by atoms with Crippen molar-refractivity contribution in [3.63, 3.8) is 0 Å². The second kappa shape index (κ2) is 3.38. The zero-order chi connectivity index (χ0) is 9.26. The summed E-state index contributed by atoms with van der Waals surface area (Å²) in [6.07, 6.45) is 2.04. The summed E-state index contributed by atoms with van der Waals surface area (Å²) in [5, 5.41) is 7.40. The van der Waals surface area contributed by atoms with Gasteiger partial charge in [0.1, 0.15) is 0 Å². The van der Waals surface area contributed by atoms with Crippen molar-refractivity contribution in [3.8, 4) is 0 Å². The summed E-state index contributed by atoms with van der Waals surface area (Å²) >= 11 is 0. The molecule has 0 amide bonds. The summed E-state index contributed by atoms with van der Waals surface area (Å²) in [5.74, 6) is 1.02. The second-order valence-corrected chi connectivity index (χ2v) is 3.65. The van der Waals surface area contributed by atoms with E-state index in [9.17, 15) is 0 Å². The fraction of sp³-hybridized carbons (Fsp3) is 0.667. The van der Waals surface area contributed by atoms with Crippen LogP contribution in [0, 0.1) is 0 Å². The van der Waals surface area contributed by atoms with Gasteiger partial charge in [0.05, 0.1) is 5.71 Å². The smallest absolute Gasteiger partial charge is 0.153 e. The second-order valence-electron chi connectivity index (χ2n) is 3.65. The molecule has 0 spiro atoms. The number of piperazine rings is 1. The Labute approximate surface area is 78.7 Å². The summed E-state index contributed by atoms with van der Waals surface area (Å²) in [6, 6.07) is 0.547. The number of hydrogen-bond acceptors (Lipinski definition) is 3. The Kier molecular flexibility index (Phi) is 2.22. The molecule has 13 heavy (non-hydrogen) atoms. The maximum absolute atomic E-state index is 4.12. The molecule has 0 aromatic rings. The van der Waals surface area contributed by atoms with E-state index in [4.69, 9.17) is 0 Å². The summed E-state index contributed by atoms with van der Waals surface area (Å²) in [4.78, 5) is 2.28. The summed E-state index contributed by atoms with van der Waals surface area (Å²) < 4.78 is 0. The molecule has 4 heteroatoms. The van der Waals surface area contributed by atoms with Crippen LogP contribution in [0.3, 0.4) is 0 Å². The van der Waals surface area contributed by atoms with Gasteiger partial charge < -0.3 is 10.2 Å². The molecule has 0 aromatic heterocycles. The van der Waals surface area contributed by atoms with Crippen LogP contribution >= 0.6 is 0 Å². The third-order valence-electron chi connectivity index (χ3n) is 2.34. The largest absolute Gasteiger partial charge is 0.352 e. The molecule has 0 saturated carbocycles. The van der Waals surface area contributed by atoms with E-state index in [0.29, 0.717) is 6.04 Å². The minimum Gasteiger partial charge on any atom is -0.352 e. The highest BCUT2D eigenvalue weighted by Gasteiger charge is 2.20. The monoisotopic (exact) mass is 179 g/mol. The van der Waals surface area contributed by atoms with Crippen LogP contribution in [0.25, 0.3) is 0 Å². The summed E-state index contributed by atoms with van der Waals surface area (Å²) in [5.41, 5.74) is 5.12. The van der Waals surface area contributed by atoms with Crippen molar-refractivity contribution < 1.29 is 0 Å². The van der Waals surface area contributed by atoms with Crippen LogP contribution in [0.15, 0.2) is 17.0 Å². The van der Waals surface area contributed by atoms with E-state index in [1.54, 1.807) is 0 Å². The predicted octanol–water partition coefficient (Wildman–Crippen LogP) is 0.115. The Balaban J connectivity index is 1.98. The van der Waals surface area contributed by atoms with Crippen LogP contribution in [0.2, 0.25) is 0 Å². The average molecular weight is 179 g/mol. The molecule has 1 fully saturated rings. The van der Waals surface area contributed by atoms with E-state index in [0.717, 1.165) is 31.2 Å². The van der Waals surface area contributed by atoms with Gasteiger partial charge in [-0.1, -0.05) is 0 Å². The molecule has 2 aliphatic heterocycles. The van der Waals surface area contributed by atoms with Crippen molar-refractivity contribution in [1.82, 2.24) is 15.6 Å². The minimum atomic E-state index is 0.547. The fourth-order valence-corrected chi connectivity index (χ4v) is 1.67. The third kappa shape index (κ3) is 1.83. The van der Waals surface area contributed by atoms with E-state index in [1.165, 1.54) is 0 Å². The minimum absolute atomic E-state index is 0.547. The van der Waals surface area contributed by atoms with E-state index >= 15 is 0 Å². The molecule has 1 atom stereocenters. The topological polar surface area (TPSA) is 41.7 Å². The maximum Gasteiger partial charge on any atom is 0.153 e. The molecule has 2 aliphatic rings. The summed E-state index contributed by atoms with van der Waals surface area (Å²) in [6.45, 7) is 7.26. The van der Waals surface area contributed by atoms with Crippen molar-refractivity contribution in [2.24, 2.45) is 5.10 Å². The highest BCUT2D eigenvalue weighted by molar-refractivity contribution is 5.94. The predicted molar refractivity (Wildman–Crippen MR) is 52.4 cm³/mol. The van der Waals surface area contributed by atoms with Crippen LogP contribution < -0.4 is 10.7 Å². The molecular weight excluding hydrogens is 164 g/mol. The lowest BCUT2D eigenvalue weighted by molar-refractivity contribution is 0.243. The number of hydrogen-bond donors (Lipinski definition) is 1. The lowest BCUT2D eigenvalue weighted by Gasteiger charge is -2.32. The van der Waals surface area contributed by atoms with E-state index in [-0.39, 0.29) is 0 Å². The highest BCUT2D eigenvalue weighted by Crippen LogP contribution is 2.10. The Morgan fingerprint density at radius 2 is 2.46 bits per heavy atom. The fourth-order valence-electron chi connectivity index (χ4n) is 1.67. The van der Waals surface area contributed by atoms with Gasteiger partial charge in [-0.25, -0.2) is 0 Å². The molecular formula is C9H15N4. The first kappa shape index (κ1) is 8.56. The zero-order valence-corrected chi connectivity index (χ0v) is 8.12. The standard InChI is InChI=1S/C9H15N4/c1-7-5-9(12-11-7)13-4-3-10-8(2)6-13/h5,8,10H,3-4,6H2,1-2H3. The van der Waals surface area contributed by atoms with Crippen molar-refractivity contribution in [2.45, 2.75) is 19.9 Å². The van der Waals surface area contributed by atoms with E-state index in [1.807, 2.05) is 13.0 Å². The molecule has 4 nitrogen and oxygen atoms in total. The Morgan fingerprint density at radius 1 is 1.62 bits per heavy atom. The zero-order valence-electron chi connectivity index (χ0n) is 8.12. The van der Waals surface area contributed by atoms with Crippen molar-refractivity contribution in [2.75, 3.05) is 19.6 Å². The average Bonchev–Trinajstić information content (AvgIpc) is 2.52. The van der Waals surface area contributed by atoms with E-state index in [2.05, 4.69) is 27.7 Å². The highest BCUT2D eigenvalue weighted by atomic mass is 15.4.